The average molecular weight is 349 g/mol. The number of aryl methyl sites for hydroxylation is 1. The van der Waals surface area contributed by atoms with E-state index in [0.29, 0.717) is 33.1 Å². The van der Waals surface area contributed by atoms with Gasteiger partial charge in [-0.3, -0.25) is 0 Å². The molecule has 0 amide bonds. The molecular weight excluding hydrogens is 336 g/mol. The number of carbonyl (C=O) groups excluding carboxylic acids is 2. The van der Waals surface area contributed by atoms with Gasteiger partial charge < -0.3 is 18.3 Å². The van der Waals surface area contributed by atoms with E-state index in [1.165, 1.54) is 13.2 Å². The van der Waals surface area contributed by atoms with E-state index in [4.69, 9.17) is 25.2 Å². The second-order valence-corrected chi connectivity index (χ2v) is 5.48. The zero-order valence-corrected chi connectivity index (χ0v) is 13.7. The van der Waals surface area contributed by atoms with Gasteiger partial charge in [-0.2, -0.15) is 0 Å². The number of methoxy groups -OCH3 is 1. The van der Waals surface area contributed by atoms with Crippen LogP contribution < -0.4 is 0 Å². The molecule has 2 aromatic heterocycles. The second kappa shape index (κ2) is 6.41. The summed E-state index contributed by atoms with van der Waals surface area (Å²) in [6, 6.07) is 8.06. The summed E-state index contributed by atoms with van der Waals surface area (Å²) in [5.41, 5.74) is 0.829. The van der Waals surface area contributed by atoms with Gasteiger partial charge in [-0.05, 0) is 37.3 Å². The molecule has 6 nitrogen and oxygen atoms in total. The van der Waals surface area contributed by atoms with Gasteiger partial charge in [0.1, 0.15) is 29.3 Å². The van der Waals surface area contributed by atoms with Gasteiger partial charge in [0.2, 0.25) is 5.76 Å². The minimum absolute atomic E-state index is 0.0590. The summed E-state index contributed by atoms with van der Waals surface area (Å²) in [7, 11) is 1.28. The van der Waals surface area contributed by atoms with E-state index in [-0.39, 0.29) is 12.4 Å². The Morgan fingerprint density at radius 3 is 2.67 bits per heavy atom. The van der Waals surface area contributed by atoms with E-state index in [0.717, 1.165) is 0 Å². The lowest BCUT2D eigenvalue weighted by Gasteiger charge is -1.99. The van der Waals surface area contributed by atoms with Crippen LogP contribution in [0.15, 0.2) is 39.2 Å². The molecule has 3 rings (SSSR count). The number of benzene rings is 1. The molecule has 7 heteroatoms. The van der Waals surface area contributed by atoms with Crippen LogP contribution in [0, 0.1) is 6.92 Å². The van der Waals surface area contributed by atoms with E-state index >= 15 is 0 Å². The molecule has 0 saturated heterocycles. The van der Waals surface area contributed by atoms with Gasteiger partial charge in [-0.1, -0.05) is 11.6 Å². The van der Waals surface area contributed by atoms with E-state index < -0.39 is 11.9 Å². The molecule has 0 saturated carbocycles. The second-order valence-electron chi connectivity index (χ2n) is 5.04. The molecule has 0 aliphatic heterocycles. The van der Waals surface area contributed by atoms with Gasteiger partial charge in [0.25, 0.3) is 0 Å². The first-order chi connectivity index (χ1) is 11.5. The van der Waals surface area contributed by atoms with Crippen molar-refractivity contribution in [1.29, 1.82) is 0 Å². The predicted molar refractivity (Wildman–Crippen MR) is 85.1 cm³/mol. The lowest BCUT2D eigenvalue weighted by atomic mass is 10.2. The van der Waals surface area contributed by atoms with Crippen molar-refractivity contribution >= 4 is 34.5 Å². The van der Waals surface area contributed by atoms with Gasteiger partial charge in [-0.15, -0.1) is 0 Å². The van der Waals surface area contributed by atoms with Gasteiger partial charge in [0.15, 0.2) is 0 Å². The number of furan rings is 2. The highest BCUT2D eigenvalue weighted by Crippen LogP contribution is 2.24. The Hall–Kier alpha value is -2.73. The largest absolute Gasteiger partial charge is 0.465 e. The van der Waals surface area contributed by atoms with Crippen LogP contribution in [0.25, 0.3) is 11.0 Å². The molecule has 3 aromatic rings. The van der Waals surface area contributed by atoms with Crippen molar-refractivity contribution in [3.05, 3.63) is 58.2 Å². The third-order valence-electron chi connectivity index (χ3n) is 3.40. The molecule has 0 bridgehead atoms. The normalized spacial score (nSPS) is 10.8. The fourth-order valence-corrected chi connectivity index (χ4v) is 2.43. The summed E-state index contributed by atoms with van der Waals surface area (Å²) >= 11 is 5.90. The lowest BCUT2D eigenvalue weighted by Crippen LogP contribution is -2.03. The molecule has 124 valence electrons. The Morgan fingerprint density at radius 2 is 1.92 bits per heavy atom. The van der Waals surface area contributed by atoms with Crippen molar-refractivity contribution < 1.29 is 27.9 Å². The highest BCUT2D eigenvalue weighted by molar-refractivity contribution is 6.31. The fraction of sp³-hybridized carbons (Fsp3) is 0.176. The third kappa shape index (κ3) is 3.14. The fourth-order valence-electron chi connectivity index (χ4n) is 2.25. The molecule has 0 fully saturated rings. The van der Waals surface area contributed by atoms with Crippen LogP contribution in [0.1, 0.15) is 32.4 Å². The van der Waals surface area contributed by atoms with Crippen LogP contribution in [0.4, 0.5) is 0 Å². The van der Waals surface area contributed by atoms with Gasteiger partial charge in [0.05, 0.1) is 7.11 Å². The molecule has 0 aliphatic carbocycles. The maximum absolute atomic E-state index is 12.1. The number of rotatable bonds is 4. The molecule has 0 unspecified atom stereocenters. The first-order valence-electron chi connectivity index (χ1n) is 7.02. The summed E-state index contributed by atoms with van der Waals surface area (Å²) in [6.07, 6.45) is 0. The summed E-state index contributed by atoms with van der Waals surface area (Å²) in [4.78, 5) is 23.6. The highest BCUT2D eigenvalue weighted by Gasteiger charge is 2.18. The topological polar surface area (TPSA) is 78.9 Å². The van der Waals surface area contributed by atoms with Crippen LogP contribution in [-0.2, 0) is 16.1 Å². The summed E-state index contributed by atoms with van der Waals surface area (Å²) in [6.45, 7) is 1.50. The number of hydrogen-bond acceptors (Lipinski definition) is 6. The maximum Gasteiger partial charge on any atom is 0.374 e. The number of fused-ring (bicyclic) bond motifs is 1. The Morgan fingerprint density at radius 1 is 1.12 bits per heavy atom. The van der Waals surface area contributed by atoms with Crippen molar-refractivity contribution in [2.24, 2.45) is 0 Å². The Labute approximate surface area is 141 Å². The minimum Gasteiger partial charge on any atom is -0.465 e. The zero-order valence-electron chi connectivity index (χ0n) is 12.9. The van der Waals surface area contributed by atoms with E-state index in [9.17, 15) is 9.59 Å². The van der Waals surface area contributed by atoms with Crippen molar-refractivity contribution in [2.45, 2.75) is 13.5 Å². The van der Waals surface area contributed by atoms with Gasteiger partial charge >= 0.3 is 11.9 Å². The van der Waals surface area contributed by atoms with Gasteiger partial charge in [-0.25, -0.2) is 9.59 Å². The lowest BCUT2D eigenvalue weighted by molar-refractivity contribution is 0.0410. The number of halogens is 1. The van der Waals surface area contributed by atoms with E-state index in [1.807, 2.05) is 0 Å². The molecule has 1 aromatic carbocycles. The zero-order chi connectivity index (χ0) is 17.3. The van der Waals surface area contributed by atoms with Gasteiger partial charge in [0, 0.05) is 10.4 Å². The quantitative estimate of drug-likeness (QED) is 0.659. The molecule has 0 atom stereocenters. The first kappa shape index (κ1) is 16.1. The molecule has 2 heterocycles. The van der Waals surface area contributed by atoms with Crippen LogP contribution in [0.5, 0.6) is 0 Å². The number of esters is 2. The molecule has 0 N–H and O–H groups in total. The Kier molecular flexibility index (Phi) is 4.31. The third-order valence-corrected chi connectivity index (χ3v) is 3.63. The molecule has 0 radical (unpaired) electrons. The number of hydrogen-bond donors (Lipinski definition) is 0. The smallest absolute Gasteiger partial charge is 0.374 e. The van der Waals surface area contributed by atoms with Crippen molar-refractivity contribution in [3.63, 3.8) is 0 Å². The van der Waals surface area contributed by atoms with Crippen molar-refractivity contribution in [3.8, 4) is 0 Å². The molecule has 0 spiro atoms. The van der Waals surface area contributed by atoms with Crippen molar-refractivity contribution in [1.82, 2.24) is 0 Å². The average Bonchev–Trinajstić information content (AvgIpc) is 3.14. The van der Waals surface area contributed by atoms with E-state index in [2.05, 4.69) is 4.74 Å². The maximum atomic E-state index is 12.1. The summed E-state index contributed by atoms with van der Waals surface area (Å²) in [5.74, 6) is -0.366. The standard InChI is InChI=1S/C17H13ClO6/c1-9-13(16(19)21-2)7-12(23-9)8-22-17(20)15-6-10-5-11(18)3-4-14(10)24-15/h3-7H,8H2,1-2H3. The van der Waals surface area contributed by atoms with Crippen LogP contribution >= 0.6 is 11.6 Å². The van der Waals surface area contributed by atoms with Crippen LogP contribution in [-0.4, -0.2) is 19.0 Å². The predicted octanol–water partition coefficient (Wildman–Crippen LogP) is 4.13. The van der Waals surface area contributed by atoms with E-state index in [1.54, 1.807) is 31.2 Å². The summed E-state index contributed by atoms with van der Waals surface area (Å²) in [5, 5.41) is 1.25. The van der Waals surface area contributed by atoms with Crippen LogP contribution in [0.2, 0.25) is 5.02 Å². The van der Waals surface area contributed by atoms with Crippen LogP contribution in [0.3, 0.4) is 0 Å². The number of ether oxygens (including phenoxy) is 2. The first-order valence-corrected chi connectivity index (χ1v) is 7.39. The van der Waals surface area contributed by atoms with Crippen molar-refractivity contribution in [2.75, 3.05) is 7.11 Å². The Bertz CT molecular complexity index is 920. The highest BCUT2D eigenvalue weighted by atomic mass is 35.5. The molecular formula is C17H13ClO6. The SMILES string of the molecule is COC(=O)c1cc(COC(=O)c2cc3cc(Cl)ccc3o2)oc1C. The minimum atomic E-state index is -0.643. The Balaban J connectivity index is 1.71. The summed E-state index contributed by atoms with van der Waals surface area (Å²) < 4.78 is 20.6. The molecule has 24 heavy (non-hydrogen) atoms. The number of carbonyl (C=O) groups is 2. The molecule has 0 aliphatic rings. The monoisotopic (exact) mass is 348 g/mol.